The summed E-state index contributed by atoms with van der Waals surface area (Å²) < 4.78 is 1.88. The zero-order valence-electron chi connectivity index (χ0n) is 7.69. The molecule has 1 aromatic heterocycles. The maximum atomic E-state index is 10.5. The summed E-state index contributed by atoms with van der Waals surface area (Å²) in [4.78, 5) is 14.6. The van der Waals surface area contributed by atoms with Gasteiger partial charge in [-0.3, -0.25) is 0 Å². The monoisotopic (exact) mass is 180 g/mol. The molecule has 70 valence electrons. The van der Waals surface area contributed by atoms with Crippen LogP contribution in [0.4, 0.5) is 0 Å². The van der Waals surface area contributed by atoms with Gasteiger partial charge in [0.05, 0.1) is 0 Å². The Kier molecular flexibility index (Phi) is 2.84. The van der Waals surface area contributed by atoms with Crippen LogP contribution in [0.3, 0.4) is 0 Å². The van der Waals surface area contributed by atoms with Crippen molar-refractivity contribution in [3.05, 3.63) is 23.8 Å². The Morgan fingerprint density at radius 1 is 1.77 bits per heavy atom. The number of carboxylic acid groups (broad SMARTS) is 1. The summed E-state index contributed by atoms with van der Waals surface area (Å²) in [5.41, 5.74) is 0.293. The fourth-order valence-corrected chi connectivity index (χ4v) is 0.984. The lowest BCUT2D eigenvalue weighted by Gasteiger charge is -1.99. The highest BCUT2D eigenvalue weighted by molar-refractivity contribution is 5.90. The average molecular weight is 180 g/mol. The van der Waals surface area contributed by atoms with Crippen LogP contribution in [0.25, 0.3) is 6.08 Å². The van der Waals surface area contributed by atoms with E-state index in [1.54, 1.807) is 19.2 Å². The summed E-state index contributed by atoms with van der Waals surface area (Å²) in [6.07, 6.45) is 5.04. The summed E-state index contributed by atoms with van der Waals surface area (Å²) in [6.45, 7) is 4.32. The summed E-state index contributed by atoms with van der Waals surface area (Å²) in [5, 5.41) is 8.64. The van der Waals surface area contributed by atoms with E-state index in [1.807, 2.05) is 17.7 Å². The predicted octanol–water partition coefficient (Wildman–Crippen LogP) is 1.39. The van der Waals surface area contributed by atoms with E-state index >= 15 is 0 Å². The van der Waals surface area contributed by atoms with Gasteiger partial charge in [0.15, 0.2) is 0 Å². The third-order valence-electron chi connectivity index (χ3n) is 1.77. The molecule has 0 amide bonds. The van der Waals surface area contributed by atoms with E-state index in [0.717, 1.165) is 6.54 Å². The van der Waals surface area contributed by atoms with Crippen molar-refractivity contribution in [1.82, 2.24) is 9.55 Å². The molecular formula is C9H12N2O2. The molecule has 0 aliphatic carbocycles. The molecule has 0 radical (unpaired) electrons. The molecule has 0 fully saturated rings. The van der Waals surface area contributed by atoms with E-state index in [9.17, 15) is 4.79 Å². The van der Waals surface area contributed by atoms with E-state index in [-0.39, 0.29) is 0 Å². The summed E-state index contributed by atoms with van der Waals surface area (Å²) >= 11 is 0. The number of imidazole rings is 1. The molecule has 1 heterocycles. The van der Waals surface area contributed by atoms with E-state index in [2.05, 4.69) is 4.98 Å². The Bertz CT molecular complexity index is 339. The van der Waals surface area contributed by atoms with Gasteiger partial charge in [-0.2, -0.15) is 0 Å². The molecule has 1 N–H and O–H groups in total. The van der Waals surface area contributed by atoms with Gasteiger partial charge in [0.25, 0.3) is 0 Å². The van der Waals surface area contributed by atoms with E-state index in [4.69, 9.17) is 5.11 Å². The Morgan fingerprint density at radius 3 is 3.00 bits per heavy atom. The first-order valence-corrected chi connectivity index (χ1v) is 4.08. The number of hydrogen-bond acceptors (Lipinski definition) is 2. The third kappa shape index (κ3) is 2.18. The number of nitrogens with zero attached hydrogens (tertiary/aromatic N) is 2. The van der Waals surface area contributed by atoms with Gasteiger partial charge in [0, 0.05) is 24.5 Å². The van der Waals surface area contributed by atoms with E-state index < -0.39 is 5.97 Å². The zero-order chi connectivity index (χ0) is 9.84. The molecule has 0 aromatic carbocycles. The summed E-state index contributed by atoms with van der Waals surface area (Å²) in [6, 6.07) is 0. The average Bonchev–Trinajstić information content (AvgIpc) is 2.51. The Labute approximate surface area is 76.5 Å². The van der Waals surface area contributed by atoms with E-state index in [1.165, 1.54) is 0 Å². The first-order chi connectivity index (χ1) is 6.15. The van der Waals surface area contributed by atoms with Crippen LogP contribution in [0.5, 0.6) is 0 Å². The Morgan fingerprint density at radius 2 is 2.46 bits per heavy atom. The number of hydrogen-bond donors (Lipinski definition) is 1. The highest BCUT2D eigenvalue weighted by atomic mass is 16.4. The van der Waals surface area contributed by atoms with Crippen molar-refractivity contribution in [3.63, 3.8) is 0 Å². The highest BCUT2D eigenvalue weighted by Gasteiger charge is 2.02. The van der Waals surface area contributed by atoms with Crippen molar-refractivity contribution in [1.29, 1.82) is 0 Å². The minimum atomic E-state index is -0.911. The van der Waals surface area contributed by atoms with Gasteiger partial charge in [0.1, 0.15) is 5.82 Å². The van der Waals surface area contributed by atoms with Gasteiger partial charge in [0.2, 0.25) is 0 Å². The highest BCUT2D eigenvalue weighted by Crippen LogP contribution is 2.04. The first kappa shape index (κ1) is 9.51. The minimum Gasteiger partial charge on any atom is -0.478 e. The van der Waals surface area contributed by atoms with Crippen LogP contribution in [0.2, 0.25) is 0 Å². The number of aryl methyl sites for hydroxylation is 1. The number of carbonyl (C=O) groups is 1. The lowest BCUT2D eigenvalue weighted by atomic mass is 10.3. The standard InChI is InChI=1S/C9H12N2O2/c1-3-11-5-4-10-8(11)6-7(2)9(12)13/h4-6H,3H2,1-2H3,(H,12,13)/b7-6-. The molecule has 1 rings (SSSR count). The van der Waals surface area contributed by atoms with Gasteiger partial charge in [-0.1, -0.05) is 0 Å². The molecule has 0 unspecified atom stereocenters. The maximum absolute atomic E-state index is 10.5. The van der Waals surface area contributed by atoms with Crippen LogP contribution in [0.15, 0.2) is 18.0 Å². The van der Waals surface area contributed by atoms with Crippen molar-refractivity contribution < 1.29 is 9.90 Å². The van der Waals surface area contributed by atoms with Gasteiger partial charge in [-0.25, -0.2) is 9.78 Å². The molecular weight excluding hydrogens is 168 g/mol. The molecule has 4 nitrogen and oxygen atoms in total. The van der Waals surface area contributed by atoms with Crippen molar-refractivity contribution >= 4 is 12.0 Å². The number of aliphatic carboxylic acids is 1. The van der Waals surface area contributed by atoms with Crippen molar-refractivity contribution in [2.24, 2.45) is 0 Å². The molecule has 0 atom stereocenters. The summed E-state index contributed by atoms with van der Waals surface area (Å²) in [7, 11) is 0. The van der Waals surface area contributed by atoms with Gasteiger partial charge < -0.3 is 9.67 Å². The van der Waals surface area contributed by atoms with Crippen LogP contribution in [0, 0.1) is 0 Å². The number of aromatic nitrogens is 2. The van der Waals surface area contributed by atoms with Crippen LogP contribution in [-0.2, 0) is 11.3 Å². The van der Waals surface area contributed by atoms with Gasteiger partial charge >= 0.3 is 5.97 Å². The molecule has 0 aliphatic heterocycles. The third-order valence-corrected chi connectivity index (χ3v) is 1.77. The lowest BCUT2D eigenvalue weighted by Crippen LogP contribution is -2.00. The summed E-state index contributed by atoms with van der Waals surface area (Å²) in [5.74, 6) is -0.229. The molecule has 0 saturated heterocycles. The van der Waals surface area contributed by atoms with Gasteiger partial charge in [-0.15, -0.1) is 0 Å². The predicted molar refractivity (Wildman–Crippen MR) is 49.2 cm³/mol. The lowest BCUT2D eigenvalue weighted by molar-refractivity contribution is -0.132. The van der Waals surface area contributed by atoms with Crippen molar-refractivity contribution in [2.75, 3.05) is 0 Å². The van der Waals surface area contributed by atoms with Crippen molar-refractivity contribution in [3.8, 4) is 0 Å². The molecule has 0 bridgehead atoms. The molecule has 13 heavy (non-hydrogen) atoms. The number of carboxylic acids is 1. The zero-order valence-corrected chi connectivity index (χ0v) is 7.69. The molecule has 1 aromatic rings. The van der Waals surface area contributed by atoms with Gasteiger partial charge in [-0.05, 0) is 19.9 Å². The maximum Gasteiger partial charge on any atom is 0.331 e. The number of rotatable bonds is 3. The topological polar surface area (TPSA) is 55.1 Å². The fraction of sp³-hybridized carbons (Fsp3) is 0.333. The molecule has 0 aliphatic rings. The SMILES string of the molecule is CCn1ccnc1/C=C(/C)C(=O)O. The second-order valence-electron chi connectivity index (χ2n) is 2.70. The van der Waals surface area contributed by atoms with Crippen LogP contribution in [0.1, 0.15) is 19.7 Å². The van der Waals surface area contributed by atoms with Crippen LogP contribution in [-0.4, -0.2) is 20.6 Å². The van der Waals surface area contributed by atoms with Crippen LogP contribution < -0.4 is 0 Å². The quantitative estimate of drug-likeness (QED) is 0.715. The first-order valence-electron chi connectivity index (χ1n) is 4.08. The Hall–Kier alpha value is -1.58. The second-order valence-corrected chi connectivity index (χ2v) is 2.70. The molecule has 0 saturated carbocycles. The second kappa shape index (κ2) is 3.89. The smallest absolute Gasteiger partial charge is 0.331 e. The largest absolute Gasteiger partial charge is 0.478 e. The normalized spacial score (nSPS) is 11.7. The molecule has 4 heteroatoms. The minimum absolute atomic E-state index is 0.293. The van der Waals surface area contributed by atoms with Crippen molar-refractivity contribution in [2.45, 2.75) is 20.4 Å². The molecule has 0 spiro atoms. The Balaban J connectivity index is 2.96. The van der Waals surface area contributed by atoms with E-state index in [0.29, 0.717) is 11.4 Å². The fourth-order valence-electron chi connectivity index (χ4n) is 0.984. The van der Waals surface area contributed by atoms with Crippen LogP contribution >= 0.6 is 0 Å².